The van der Waals surface area contributed by atoms with Crippen LogP contribution in [0.4, 0.5) is 0 Å². The van der Waals surface area contributed by atoms with Gasteiger partial charge in [-0.25, -0.2) is 0 Å². The van der Waals surface area contributed by atoms with Crippen LogP contribution in [0, 0.1) is 0 Å². The number of benzene rings is 1. The molecule has 96 valence electrons. The van der Waals surface area contributed by atoms with Gasteiger partial charge in [-0.05, 0) is 36.5 Å². The van der Waals surface area contributed by atoms with Crippen molar-refractivity contribution >= 4 is 0 Å². The van der Waals surface area contributed by atoms with Crippen molar-refractivity contribution in [2.45, 2.75) is 32.6 Å². The molecular weight excluding hydrogens is 216 g/mol. The summed E-state index contributed by atoms with van der Waals surface area (Å²) in [5.41, 5.74) is 2.25. The summed E-state index contributed by atoms with van der Waals surface area (Å²) in [6.45, 7) is 4.46. The van der Waals surface area contributed by atoms with Crippen LogP contribution in [0.2, 0.25) is 0 Å². The molecule has 1 aromatic rings. The van der Waals surface area contributed by atoms with E-state index >= 15 is 0 Å². The summed E-state index contributed by atoms with van der Waals surface area (Å²) in [7, 11) is 3.36. The van der Waals surface area contributed by atoms with Crippen LogP contribution < -0.4 is 9.47 Å². The number of aryl methyl sites for hydroxylation is 1. The Labute approximate surface area is 103 Å². The van der Waals surface area contributed by atoms with Crippen LogP contribution in [0.1, 0.15) is 37.3 Å². The van der Waals surface area contributed by atoms with Gasteiger partial charge in [0, 0.05) is 12.2 Å². The number of hydrogen-bond donors (Lipinski definition) is 1. The lowest BCUT2D eigenvalue weighted by molar-refractivity contribution is 0.287. The van der Waals surface area contributed by atoms with Crippen LogP contribution in [0.5, 0.6) is 11.5 Å². The molecule has 0 heterocycles. The summed E-state index contributed by atoms with van der Waals surface area (Å²) in [6, 6.07) is 4.01. The number of aliphatic hydroxyl groups excluding tert-OH is 1. The quantitative estimate of drug-likeness (QED) is 0.828. The van der Waals surface area contributed by atoms with Gasteiger partial charge in [-0.15, -0.1) is 0 Å². The zero-order valence-corrected chi connectivity index (χ0v) is 11.1. The highest BCUT2D eigenvalue weighted by Gasteiger charge is 2.14. The van der Waals surface area contributed by atoms with E-state index in [1.54, 1.807) is 14.2 Å². The van der Waals surface area contributed by atoms with Crippen molar-refractivity contribution in [1.29, 1.82) is 0 Å². The predicted molar refractivity (Wildman–Crippen MR) is 69.0 cm³/mol. The molecule has 1 aromatic carbocycles. The topological polar surface area (TPSA) is 38.7 Å². The zero-order valence-electron chi connectivity index (χ0n) is 11.1. The van der Waals surface area contributed by atoms with E-state index in [9.17, 15) is 0 Å². The van der Waals surface area contributed by atoms with Crippen LogP contribution >= 0.6 is 0 Å². The molecular formula is C14H22O3. The molecule has 3 nitrogen and oxygen atoms in total. The fourth-order valence-electron chi connectivity index (χ4n) is 1.93. The van der Waals surface area contributed by atoms with Crippen molar-refractivity contribution in [2.75, 3.05) is 20.8 Å². The van der Waals surface area contributed by atoms with Gasteiger partial charge >= 0.3 is 0 Å². The maximum atomic E-state index is 8.92. The van der Waals surface area contributed by atoms with Gasteiger partial charge in [0.25, 0.3) is 0 Å². The van der Waals surface area contributed by atoms with Crippen LogP contribution in [0.3, 0.4) is 0 Å². The lowest BCUT2D eigenvalue weighted by Gasteiger charge is -2.17. The SMILES string of the molecule is COc1cc(CCCO)c(OC)c(C(C)C)c1. The van der Waals surface area contributed by atoms with E-state index in [4.69, 9.17) is 14.6 Å². The van der Waals surface area contributed by atoms with Crippen molar-refractivity contribution in [2.24, 2.45) is 0 Å². The highest BCUT2D eigenvalue weighted by molar-refractivity contribution is 5.48. The Morgan fingerprint density at radius 2 is 1.88 bits per heavy atom. The van der Waals surface area contributed by atoms with E-state index in [1.165, 1.54) is 0 Å². The Bertz CT molecular complexity index is 359. The molecule has 0 saturated heterocycles. The first-order valence-corrected chi connectivity index (χ1v) is 5.99. The van der Waals surface area contributed by atoms with Gasteiger partial charge in [0.1, 0.15) is 11.5 Å². The van der Waals surface area contributed by atoms with Gasteiger partial charge in [0.05, 0.1) is 14.2 Å². The van der Waals surface area contributed by atoms with Gasteiger partial charge in [-0.2, -0.15) is 0 Å². The van der Waals surface area contributed by atoms with Crippen molar-refractivity contribution in [3.63, 3.8) is 0 Å². The second-order valence-corrected chi connectivity index (χ2v) is 4.39. The minimum absolute atomic E-state index is 0.192. The maximum Gasteiger partial charge on any atom is 0.125 e. The molecule has 0 spiro atoms. The lowest BCUT2D eigenvalue weighted by Crippen LogP contribution is -2.01. The van der Waals surface area contributed by atoms with Crippen molar-refractivity contribution in [3.8, 4) is 11.5 Å². The molecule has 0 aliphatic rings. The second-order valence-electron chi connectivity index (χ2n) is 4.39. The average Bonchev–Trinajstić information content (AvgIpc) is 2.34. The summed E-state index contributed by atoms with van der Waals surface area (Å²) in [4.78, 5) is 0. The minimum Gasteiger partial charge on any atom is -0.497 e. The van der Waals surface area contributed by atoms with E-state index in [0.29, 0.717) is 5.92 Å². The number of methoxy groups -OCH3 is 2. The molecule has 0 aromatic heterocycles. The number of rotatable bonds is 6. The van der Waals surface area contributed by atoms with Crippen molar-refractivity contribution in [3.05, 3.63) is 23.3 Å². The van der Waals surface area contributed by atoms with Gasteiger partial charge in [0.15, 0.2) is 0 Å². The van der Waals surface area contributed by atoms with Crippen molar-refractivity contribution < 1.29 is 14.6 Å². The van der Waals surface area contributed by atoms with Crippen LogP contribution in [0.25, 0.3) is 0 Å². The third-order valence-corrected chi connectivity index (χ3v) is 2.83. The molecule has 1 rings (SSSR count). The monoisotopic (exact) mass is 238 g/mol. The Morgan fingerprint density at radius 3 is 2.35 bits per heavy atom. The molecule has 0 unspecified atom stereocenters. The molecule has 0 aliphatic heterocycles. The first-order chi connectivity index (χ1) is 8.13. The molecule has 0 aliphatic carbocycles. The van der Waals surface area contributed by atoms with E-state index < -0.39 is 0 Å². The van der Waals surface area contributed by atoms with Gasteiger partial charge in [-0.1, -0.05) is 13.8 Å². The minimum atomic E-state index is 0.192. The third-order valence-electron chi connectivity index (χ3n) is 2.83. The average molecular weight is 238 g/mol. The molecule has 0 bridgehead atoms. The Hall–Kier alpha value is -1.22. The Morgan fingerprint density at radius 1 is 1.18 bits per heavy atom. The molecule has 3 heteroatoms. The standard InChI is InChI=1S/C14H22O3/c1-10(2)13-9-12(16-3)8-11(6-5-7-15)14(13)17-4/h8-10,15H,5-7H2,1-4H3. The van der Waals surface area contributed by atoms with Crippen LogP contribution in [0.15, 0.2) is 12.1 Å². The fraction of sp³-hybridized carbons (Fsp3) is 0.571. The molecule has 0 atom stereocenters. The summed E-state index contributed by atoms with van der Waals surface area (Å²) in [5, 5.41) is 8.92. The smallest absolute Gasteiger partial charge is 0.125 e. The first-order valence-electron chi connectivity index (χ1n) is 5.99. The largest absolute Gasteiger partial charge is 0.497 e. The van der Waals surface area contributed by atoms with Gasteiger partial charge in [0.2, 0.25) is 0 Å². The molecule has 0 amide bonds. The van der Waals surface area contributed by atoms with E-state index in [1.807, 2.05) is 12.1 Å². The summed E-state index contributed by atoms with van der Waals surface area (Å²) < 4.78 is 10.8. The Kier molecular flexibility index (Phi) is 5.29. The lowest BCUT2D eigenvalue weighted by atomic mass is 9.96. The van der Waals surface area contributed by atoms with E-state index in [0.717, 1.165) is 35.5 Å². The van der Waals surface area contributed by atoms with Crippen molar-refractivity contribution in [1.82, 2.24) is 0 Å². The van der Waals surface area contributed by atoms with E-state index in [2.05, 4.69) is 13.8 Å². The molecule has 17 heavy (non-hydrogen) atoms. The normalized spacial score (nSPS) is 10.7. The Balaban J connectivity index is 3.19. The maximum absolute atomic E-state index is 8.92. The number of hydrogen-bond acceptors (Lipinski definition) is 3. The first kappa shape index (κ1) is 13.8. The van der Waals surface area contributed by atoms with Gasteiger partial charge in [-0.3, -0.25) is 0 Å². The predicted octanol–water partition coefficient (Wildman–Crippen LogP) is 2.75. The molecule has 0 radical (unpaired) electrons. The summed E-state index contributed by atoms with van der Waals surface area (Å²) in [6.07, 6.45) is 1.54. The second kappa shape index (κ2) is 6.50. The summed E-state index contributed by atoms with van der Waals surface area (Å²) in [5.74, 6) is 2.16. The number of ether oxygens (including phenoxy) is 2. The molecule has 0 fully saturated rings. The highest BCUT2D eigenvalue weighted by Crippen LogP contribution is 2.34. The third kappa shape index (κ3) is 3.37. The van der Waals surface area contributed by atoms with E-state index in [-0.39, 0.29) is 6.61 Å². The fourth-order valence-corrected chi connectivity index (χ4v) is 1.93. The highest BCUT2D eigenvalue weighted by atomic mass is 16.5. The summed E-state index contributed by atoms with van der Waals surface area (Å²) >= 11 is 0. The zero-order chi connectivity index (χ0) is 12.8. The number of aliphatic hydroxyl groups is 1. The molecule has 1 N–H and O–H groups in total. The van der Waals surface area contributed by atoms with Crippen LogP contribution in [-0.2, 0) is 6.42 Å². The van der Waals surface area contributed by atoms with Crippen LogP contribution in [-0.4, -0.2) is 25.9 Å². The molecule has 0 saturated carbocycles. The van der Waals surface area contributed by atoms with Gasteiger partial charge < -0.3 is 14.6 Å².